The number of amides is 2. The van der Waals surface area contributed by atoms with Crippen molar-refractivity contribution in [1.82, 2.24) is 15.5 Å². The Balaban J connectivity index is 1.86. The van der Waals surface area contributed by atoms with Crippen molar-refractivity contribution in [2.45, 2.75) is 6.42 Å². The molecule has 0 saturated carbocycles. The van der Waals surface area contributed by atoms with Crippen LogP contribution in [0.3, 0.4) is 0 Å². The van der Waals surface area contributed by atoms with Gasteiger partial charge in [-0.1, -0.05) is 29.8 Å². The fourth-order valence-corrected chi connectivity index (χ4v) is 2.50. The Kier molecular flexibility index (Phi) is 7.63. The number of likely N-dealkylation sites (N-methyl/N-ethyl adjacent to an activating group) is 1. The molecule has 0 unspecified atom stereocenters. The number of carbonyl (C=O) groups excluding carboxylic acids is 2. The van der Waals surface area contributed by atoms with Crippen LogP contribution in [0.15, 0.2) is 48.5 Å². The molecule has 2 rings (SSSR count). The summed E-state index contributed by atoms with van der Waals surface area (Å²) in [6.45, 7) is 1.83. The summed E-state index contributed by atoms with van der Waals surface area (Å²) in [5, 5.41) is 6.41. The second-order valence-electron chi connectivity index (χ2n) is 6.27. The minimum absolute atomic E-state index is 0.178. The number of nitrogens with one attached hydrogen (secondary N) is 2. The molecule has 2 amide bonds. The van der Waals surface area contributed by atoms with Crippen LogP contribution in [0, 0.1) is 0 Å². The maximum absolute atomic E-state index is 12.3. The first-order valence-electron chi connectivity index (χ1n) is 8.51. The van der Waals surface area contributed by atoms with Gasteiger partial charge >= 0.3 is 0 Å². The zero-order chi connectivity index (χ0) is 18.9. The van der Waals surface area contributed by atoms with Crippen molar-refractivity contribution in [2.75, 3.05) is 33.7 Å². The lowest BCUT2D eigenvalue weighted by molar-refractivity contribution is 0.0951. The fraction of sp³-hybridized carbons (Fsp3) is 0.300. The molecule has 0 atom stereocenters. The third-order valence-electron chi connectivity index (χ3n) is 3.84. The first-order valence-corrected chi connectivity index (χ1v) is 8.89. The Labute approximate surface area is 159 Å². The van der Waals surface area contributed by atoms with Crippen molar-refractivity contribution in [3.63, 3.8) is 0 Å². The van der Waals surface area contributed by atoms with Crippen LogP contribution in [-0.2, 0) is 6.42 Å². The van der Waals surface area contributed by atoms with Crippen LogP contribution in [0.1, 0.15) is 26.3 Å². The van der Waals surface area contributed by atoms with Gasteiger partial charge in [0.2, 0.25) is 0 Å². The number of benzene rings is 2. The highest BCUT2D eigenvalue weighted by Gasteiger charge is 2.10. The number of carbonyl (C=O) groups is 2. The van der Waals surface area contributed by atoms with Crippen LogP contribution in [-0.4, -0.2) is 50.4 Å². The summed E-state index contributed by atoms with van der Waals surface area (Å²) in [5.74, 6) is -0.371. The molecular weight excluding hydrogens is 350 g/mol. The van der Waals surface area contributed by atoms with E-state index in [9.17, 15) is 9.59 Å². The van der Waals surface area contributed by atoms with E-state index in [2.05, 4.69) is 10.6 Å². The molecule has 0 bridgehead atoms. The summed E-state index contributed by atoms with van der Waals surface area (Å²) < 4.78 is 0. The predicted molar refractivity (Wildman–Crippen MR) is 105 cm³/mol. The van der Waals surface area contributed by atoms with Crippen LogP contribution in [0.25, 0.3) is 0 Å². The van der Waals surface area contributed by atoms with Gasteiger partial charge in [-0.15, -0.1) is 0 Å². The monoisotopic (exact) mass is 373 g/mol. The van der Waals surface area contributed by atoms with Gasteiger partial charge < -0.3 is 15.5 Å². The molecular formula is C20H24ClN3O2. The number of halogens is 1. The zero-order valence-electron chi connectivity index (χ0n) is 15.1. The van der Waals surface area contributed by atoms with Crippen LogP contribution in [0.4, 0.5) is 0 Å². The van der Waals surface area contributed by atoms with E-state index >= 15 is 0 Å². The van der Waals surface area contributed by atoms with Gasteiger partial charge in [0.25, 0.3) is 11.8 Å². The molecule has 0 fully saturated rings. The average molecular weight is 374 g/mol. The quantitative estimate of drug-likeness (QED) is 0.747. The lowest BCUT2D eigenvalue weighted by Gasteiger charge is -2.11. The van der Waals surface area contributed by atoms with E-state index in [1.807, 2.05) is 43.3 Å². The molecule has 0 radical (unpaired) electrons. The van der Waals surface area contributed by atoms with Crippen LogP contribution in [0.2, 0.25) is 5.02 Å². The molecule has 138 valence electrons. The van der Waals surface area contributed by atoms with E-state index in [1.54, 1.807) is 24.3 Å². The van der Waals surface area contributed by atoms with E-state index in [-0.39, 0.29) is 11.8 Å². The van der Waals surface area contributed by atoms with Crippen molar-refractivity contribution in [3.05, 3.63) is 70.2 Å². The van der Waals surface area contributed by atoms with Crippen molar-refractivity contribution in [3.8, 4) is 0 Å². The Bertz CT molecular complexity index is 745. The normalized spacial score (nSPS) is 10.6. The van der Waals surface area contributed by atoms with Gasteiger partial charge in [0.05, 0.1) is 0 Å². The highest BCUT2D eigenvalue weighted by Crippen LogP contribution is 2.10. The van der Waals surface area contributed by atoms with E-state index in [1.165, 1.54) is 0 Å². The Hall–Kier alpha value is -2.37. The number of hydrogen-bond acceptors (Lipinski definition) is 3. The molecule has 0 heterocycles. The molecule has 2 aromatic rings. The minimum atomic E-state index is -0.193. The van der Waals surface area contributed by atoms with Gasteiger partial charge in [-0.3, -0.25) is 9.59 Å². The van der Waals surface area contributed by atoms with Crippen LogP contribution >= 0.6 is 11.6 Å². The number of rotatable bonds is 8. The molecule has 0 spiro atoms. The molecule has 2 aromatic carbocycles. The van der Waals surface area contributed by atoms with E-state index in [0.29, 0.717) is 35.7 Å². The summed E-state index contributed by atoms with van der Waals surface area (Å²) in [7, 11) is 3.89. The second kappa shape index (κ2) is 9.94. The van der Waals surface area contributed by atoms with Crippen molar-refractivity contribution in [2.24, 2.45) is 0 Å². The lowest BCUT2D eigenvalue weighted by atomic mass is 10.1. The SMILES string of the molecule is CN(C)CCNC(=O)c1cccc(C(=O)NCCc2ccc(Cl)cc2)c1. The first-order chi connectivity index (χ1) is 12.5. The smallest absolute Gasteiger partial charge is 0.251 e. The summed E-state index contributed by atoms with van der Waals surface area (Å²) in [6.07, 6.45) is 0.716. The van der Waals surface area contributed by atoms with Crippen LogP contribution in [0.5, 0.6) is 0 Å². The average Bonchev–Trinajstić information content (AvgIpc) is 2.63. The van der Waals surface area contributed by atoms with Gasteiger partial charge in [-0.2, -0.15) is 0 Å². The Morgan fingerprint density at radius 2 is 1.50 bits per heavy atom. The third-order valence-corrected chi connectivity index (χ3v) is 4.10. The molecule has 5 nitrogen and oxygen atoms in total. The molecule has 2 N–H and O–H groups in total. The van der Waals surface area contributed by atoms with Gasteiger partial charge in [0.15, 0.2) is 0 Å². The highest BCUT2D eigenvalue weighted by atomic mass is 35.5. The van der Waals surface area contributed by atoms with Crippen molar-refractivity contribution in [1.29, 1.82) is 0 Å². The summed E-state index contributed by atoms with van der Waals surface area (Å²) >= 11 is 5.86. The molecule has 0 aliphatic rings. The number of nitrogens with zero attached hydrogens (tertiary/aromatic N) is 1. The zero-order valence-corrected chi connectivity index (χ0v) is 15.8. The lowest BCUT2D eigenvalue weighted by Crippen LogP contribution is -2.31. The van der Waals surface area contributed by atoms with Crippen molar-refractivity contribution < 1.29 is 9.59 Å². The Morgan fingerprint density at radius 3 is 2.08 bits per heavy atom. The van der Waals surface area contributed by atoms with E-state index in [4.69, 9.17) is 11.6 Å². The maximum atomic E-state index is 12.3. The minimum Gasteiger partial charge on any atom is -0.352 e. The Morgan fingerprint density at radius 1 is 0.923 bits per heavy atom. The second-order valence-corrected chi connectivity index (χ2v) is 6.71. The molecule has 0 aliphatic heterocycles. The highest BCUT2D eigenvalue weighted by molar-refractivity contribution is 6.30. The van der Waals surface area contributed by atoms with Crippen LogP contribution < -0.4 is 10.6 Å². The molecule has 0 aromatic heterocycles. The maximum Gasteiger partial charge on any atom is 0.251 e. The van der Waals surface area contributed by atoms with Gasteiger partial charge in [0.1, 0.15) is 0 Å². The van der Waals surface area contributed by atoms with Crippen molar-refractivity contribution >= 4 is 23.4 Å². The van der Waals surface area contributed by atoms with E-state index in [0.717, 1.165) is 12.1 Å². The van der Waals surface area contributed by atoms with Gasteiger partial charge in [-0.05, 0) is 56.4 Å². The standard InChI is InChI=1S/C20H24ClN3O2/c1-24(2)13-12-23-20(26)17-5-3-4-16(14-17)19(25)22-11-10-15-6-8-18(21)9-7-15/h3-9,14H,10-13H2,1-2H3,(H,22,25)(H,23,26). The summed E-state index contributed by atoms with van der Waals surface area (Å²) in [5.41, 5.74) is 2.05. The molecule has 0 aliphatic carbocycles. The molecule has 0 saturated heterocycles. The summed E-state index contributed by atoms with van der Waals surface area (Å²) in [4.78, 5) is 26.4. The number of hydrogen-bond donors (Lipinski definition) is 2. The molecule has 6 heteroatoms. The fourth-order valence-electron chi connectivity index (χ4n) is 2.37. The molecule has 26 heavy (non-hydrogen) atoms. The topological polar surface area (TPSA) is 61.4 Å². The summed E-state index contributed by atoms with van der Waals surface area (Å²) in [6, 6.07) is 14.3. The van der Waals surface area contributed by atoms with E-state index < -0.39 is 0 Å². The largest absolute Gasteiger partial charge is 0.352 e. The van der Waals surface area contributed by atoms with Gasteiger partial charge in [0, 0.05) is 35.8 Å². The third kappa shape index (κ3) is 6.50. The first kappa shape index (κ1) is 19.9. The predicted octanol–water partition coefficient (Wildman–Crippen LogP) is 2.60. The van der Waals surface area contributed by atoms with Gasteiger partial charge in [-0.25, -0.2) is 0 Å².